The maximum atomic E-state index is 12.2. The quantitative estimate of drug-likeness (QED) is 0.912. The van der Waals surface area contributed by atoms with Crippen LogP contribution in [0.4, 0.5) is 0 Å². The Morgan fingerprint density at radius 1 is 1.38 bits per heavy atom. The second-order valence-electron chi connectivity index (χ2n) is 5.82. The average Bonchev–Trinajstić information content (AvgIpc) is 2.43. The predicted octanol–water partition coefficient (Wildman–Crippen LogP) is 1.55. The molecule has 1 aromatic carbocycles. The molecule has 1 N–H and O–H groups in total. The molecule has 1 aliphatic heterocycles. The number of carbonyl (C=O) groups excluding carboxylic acids is 1. The van der Waals surface area contributed by atoms with Gasteiger partial charge in [-0.3, -0.25) is 4.79 Å². The lowest BCUT2D eigenvalue weighted by Gasteiger charge is -2.49. The van der Waals surface area contributed by atoms with Crippen LogP contribution in [0.2, 0.25) is 0 Å². The van der Waals surface area contributed by atoms with Crippen LogP contribution < -0.4 is 4.74 Å². The third-order valence-corrected chi connectivity index (χ3v) is 3.97. The number of para-hydroxylation sites is 1. The molecule has 1 heterocycles. The van der Waals surface area contributed by atoms with Gasteiger partial charge in [0.1, 0.15) is 17.4 Å². The van der Waals surface area contributed by atoms with Crippen LogP contribution in [-0.2, 0) is 4.79 Å². The lowest BCUT2D eigenvalue weighted by atomic mass is 9.83. The second-order valence-corrected chi connectivity index (χ2v) is 5.82. The minimum Gasteiger partial charge on any atom is -0.480 e. The molecule has 1 aromatic rings. The first-order chi connectivity index (χ1) is 9.87. The molecule has 1 atom stereocenters. The molecule has 0 aromatic heterocycles. The summed E-state index contributed by atoms with van der Waals surface area (Å²) in [5.74, 6) is 0.339. The van der Waals surface area contributed by atoms with Gasteiger partial charge in [-0.2, -0.15) is 5.26 Å². The zero-order chi connectivity index (χ0) is 15.6. The van der Waals surface area contributed by atoms with Gasteiger partial charge in [0.25, 0.3) is 5.91 Å². The number of nitrogens with zero attached hydrogens (tertiary/aromatic N) is 2. The van der Waals surface area contributed by atoms with Gasteiger partial charge >= 0.3 is 0 Å². The number of aliphatic hydroxyl groups is 1. The van der Waals surface area contributed by atoms with Crippen molar-refractivity contribution in [2.75, 3.05) is 13.1 Å². The third kappa shape index (κ3) is 3.01. The van der Waals surface area contributed by atoms with E-state index < -0.39 is 11.7 Å². The normalized spacial score (nSPS) is 17.8. The highest BCUT2D eigenvalue weighted by Crippen LogP contribution is 2.29. The van der Waals surface area contributed by atoms with E-state index in [9.17, 15) is 9.90 Å². The summed E-state index contributed by atoms with van der Waals surface area (Å²) < 4.78 is 5.59. The number of ether oxygens (including phenoxy) is 1. The molecule has 0 spiro atoms. The highest BCUT2D eigenvalue weighted by atomic mass is 16.5. The van der Waals surface area contributed by atoms with Crippen molar-refractivity contribution in [2.24, 2.45) is 5.92 Å². The summed E-state index contributed by atoms with van der Waals surface area (Å²) in [6, 6.07) is 8.86. The number of β-amino-alcohol motifs (C(OH)–C–C–N with tert-alkyl or cyclic N) is 1. The monoisotopic (exact) mass is 288 g/mol. The van der Waals surface area contributed by atoms with Crippen molar-refractivity contribution in [3.63, 3.8) is 0 Å². The molecule has 5 heteroatoms. The topological polar surface area (TPSA) is 73.6 Å². The van der Waals surface area contributed by atoms with Crippen molar-refractivity contribution in [3.8, 4) is 11.8 Å². The van der Waals surface area contributed by atoms with Gasteiger partial charge in [-0.1, -0.05) is 26.0 Å². The predicted molar refractivity (Wildman–Crippen MR) is 77.6 cm³/mol. The van der Waals surface area contributed by atoms with Crippen LogP contribution in [0, 0.1) is 17.2 Å². The Bertz CT molecular complexity index is 571. The zero-order valence-corrected chi connectivity index (χ0v) is 12.5. The van der Waals surface area contributed by atoms with Crippen molar-refractivity contribution in [1.82, 2.24) is 4.90 Å². The molecule has 1 saturated heterocycles. The van der Waals surface area contributed by atoms with E-state index in [0.29, 0.717) is 24.4 Å². The van der Waals surface area contributed by atoms with E-state index in [2.05, 4.69) is 0 Å². The standard InChI is InChI=1S/C16H20N2O3/c1-11(2)16(20)9-18(10-16)15(19)12(3)21-14-7-5-4-6-13(14)8-17/h4-7,11-12,20H,9-10H2,1-3H3. The molecule has 0 bridgehead atoms. The summed E-state index contributed by atoms with van der Waals surface area (Å²) in [6.45, 7) is 6.19. The van der Waals surface area contributed by atoms with Gasteiger partial charge < -0.3 is 14.7 Å². The number of nitriles is 1. The number of hydrogen-bond donors (Lipinski definition) is 1. The first kappa shape index (κ1) is 15.3. The zero-order valence-electron chi connectivity index (χ0n) is 12.5. The van der Waals surface area contributed by atoms with E-state index in [1.807, 2.05) is 19.9 Å². The molecule has 0 aliphatic carbocycles. The lowest BCUT2D eigenvalue weighted by Crippen LogP contribution is -2.67. The fourth-order valence-corrected chi connectivity index (χ4v) is 2.30. The summed E-state index contributed by atoms with van der Waals surface area (Å²) in [5, 5.41) is 19.2. The van der Waals surface area contributed by atoms with Crippen LogP contribution in [0.3, 0.4) is 0 Å². The number of carbonyl (C=O) groups is 1. The number of benzene rings is 1. The Morgan fingerprint density at radius 3 is 2.57 bits per heavy atom. The molecule has 1 amide bonds. The Balaban J connectivity index is 1.97. The molecule has 21 heavy (non-hydrogen) atoms. The van der Waals surface area contributed by atoms with Crippen molar-refractivity contribution >= 4 is 5.91 Å². The van der Waals surface area contributed by atoms with Crippen LogP contribution in [0.25, 0.3) is 0 Å². The van der Waals surface area contributed by atoms with Gasteiger partial charge in [-0.05, 0) is 25.0 Å². The average molecular weight is 288 g/mol. The summed E-state index contributed by atoms with van der Waals surface area (Å²) in [4.78, 5) is 13.8. The highest BCUT2D eigenvalue weighted by molar-refractivity contribution is 5.82. The summed E-state index contributed by atoms with van der Waals surface area (Å²) in [5.41, 5.74) is -0.389. The van der Waals surface area contributed by atoms with Crippen LogP contribution in [0.5, 0.6) is 5.75 Å². The molecular weight excluding hydrogens is 268 g/mol. The van der Waals surface area contributed by atoms with Gasteiger partial charge in [0.15, 0.2) is 6.10 Å². The Hall–Kier alpha value is -2.06. The Labute approximate surface area is 124 Å². The number of hydrogen-bond acceptors (Lipinski definition) is 4. The highest BCUT2D eigenvalue weighted by Gasteiger charge is 2.46. The summed E-state index contributed by atoms with van der Waals surface area (Å²) in [6.07, 6.45) is -0.684. The van der Waals surface area contributed by atoms with E-state index in [4.69, 9.17) is 10.00 Å². The minimum absolute atomic E-state index is 0.108. The van der Waals surface area contributed by atoms with Crippen molar-refractivity contribution < 1.29 is 14.6 Å². The van der Waals surface area contributed by atoms with Crippen molar-refractivity contribution in [2.45, 2.75) is 32.5 Å². The Kier molecular flexibility index (Phi) is 4.19. The number of amides is 1. The van der Waals surface area contributed by atoms with Gasteiger partial charge in [0.05, 0.1) is 18.7 Å². The van der Waals surface area contributed by atoms with E-state index in [1.54, 1.807) is 36.1 Å². The molecule has 2 rings (SSSR count). The van der Waals surface area contributed by atoms with E-state index in [1.165, 1.54) is 0 Å². The van der Waals surface area contributed by atoms with Crippen molar-refractivity contribution in [3.05, 3.63) is 29.8 Å². The van der Waals surface area contributed by atoms with Gasteiger partial charge in [0.2, 0.25) is 0 Å². The van der Waals surface area contributed by atoms with Crippen molar-refractivity contribution in [1.29, 1.82) is 5.26 Å². The van der Waals surface area contributed by atoms with Gasteiger partial charge in [-0.25, -0.2) is 0 Å². The Morgan fingerprint density at radius 2 is 2.00 bits per heavy atom. The first-order valence-corrected chi connectivity index (χ1v) is 7.04. The van der Waals surface area contributed by atoms with Crippen LogP contribution in [0.15, 0.2) is 24.3 Å². The number of rotatable bonds is 4. The largest absolute Gasteiger partial charge is 0.480 e. The summed E-state index contributed by atoms with van der Waals surface area (Å²) in [7, 11) is 0. The molecule has 0 saturated carbocycles. The molecule has 1 unspecified atom stereocenters. The van der Waals surface area contributed by atoms with Crippen LogP contribution in [-0.4, -0.2) is 40.7 Å². The van der Waals surface area contributed by atoms with Crippen LogP contribution in [0.1, 0.15) is 26.3 Å². The van der Waals surface area contributed by atoms with E-state index >= 15 is 0 Å². The maximum absolute atomic E-state index is 12.2. The fraction of sp³-hybridized carbons (Fsp3) is 0.500. The molecular formula is C16H20N2O3. The fourth-order valence-electron chi connectivity index (χ4n) is 2.30. The summed E-state index contributed by atoms with van der Waals surface area (Å²) >= 11 is 0. The first-order valence-electron chi connectivity index (χ1n) is 7.04. The third-order valence-electron chi connectivity index (χ3n) is 3.97. The molecule has 1 aliphatic rings. The molecule has 0 radical (unpaired) electrons. The van der Waals surface area contributed by atoms with Crippen LogP contribution >= 0.6 is 0 Å². The lowest BCUT2D eigenvalue weighted by molar-refractivity contribution is -0.169. The minimum atomic E-state index is -0.792. The van der Waals surface area contributed by atoms with Gasteiger partial charge in [-0.15, -0.1) is 0 Å². The smallest absolute Gasteiger partial charge is 0.263 e. The number of likely N-dealkylation sites (tertiary alicyclic amines) is 1. The SMILES string of the molecule is CC(Oc1ccccc1C#N)C(=O)N1CC(O)(C(C)C)C1. The molecule has 1 fully saturated rings. The van der Waals surface area contributed by atoms with Gasteiger partial charge in [0, 0.05) is 0 Å². The second kappa shape index (κ2) is 5.74. The maximum Gasteiger partial charge on any atom is 0.263 e. The molecule has 112 valence electrons. The molecule has 5 nitrogen and oxygen atoms in total. The van der Waals surface area contributed by atoms with E-state index in [0.717, 1.165) is 0 Å². The van der Waals surface area contributed by atoms with E-state index in [-0.39, 0.29) is 11.8 Å².